The number of allylic oxidation sites excluding steroid dienone is 1. The van der Waals surface area contributed by atoms with E-state index in [9.17, 15) is 0 Å². The van der Waals surface area contributed by atoms with Crippen molar-refractivity contribution in [1.82, 2.24) is 0 Å². The lowest BCUT2D eigenvalue weighted by atomic mass is 10.0. The van der Waals surface area contributed by atoms with Crippen LogP contribution in [0.1, 0.15) is 46.0 Å². The number of aliphatic hydroxyl groups is 1. The third kappa shape index (κ3) is 7.80. The molecule has 0 saturated carbocycles. The van der Waals surface area contributed by atoms with Crippen LogP contribution in [0.25, 0.3) is 0 Å². The predicted molar refractivity (Wildman–Crippen MR) is 54.1 cm³/mol. The molecule has 0 spiro atoms. The highest BCUT2D eigenvalue weighted by Crippen LogP contribution is 2.12. The normalized spacial score (nSPS) is 13.9. The summed E-state index contributed by atoms with van der Waals surface area (Å²) in [5.74, 6) is 0.881. The van der Waals surface area contributed by atoms with E-state index in [2.05, 4.69) is 19.9 Å². The molecule has 1 atom stereocenters. The van der Waals surface area contributed by atoms with E-state index in [0.29, 0.717) is 0 Å². The molecule has 12 heavy (non-hydrogen) atoms. The van der Waals surface area contributed by atoms with E-state index in [1.165, 1.54) is 25.7 Å². The first-order valence-electron chi connectivity index (χ1n) is 5.07. The van der Waals surface area contributed by atoms with E-state index >= 15 is 0 Å². The van der Waals surface area contributed by atoms with Crippen LogP contribution in [0.2, 0.25) is 0 Å². The van der Waals surface area contributed by atoms with Crippen LogP contribution in [0, 0.1) is 5.92 Å². The Bertz CT molecular complexity index is 108. The van der Waals surface area contributed by atoms with E-state index in [1.807, 2.05) is 6.08 Å². The Balaban J connectivity index is 3.05. The number of hydrogen-bond acceptors (Lipinski definition) is 1. The lowest BCUT2D eigenvalue weighted by molar-refractivity contribution is 0.342. The molecule has 0 aliphatic heterocycles. The van der Waals surface area contributed by atoms with Crippen molar-refractivity contribution in [3.8, 4) is 0 Å². The lowest BCUT2D eigenvalue weighted by Crippen LogP contribution is -1.90. The topological polar surface area (TPSA) is 20.2 Å². The third-order valence-electron chi connectivity index (χ3n) is 2.29. The first kappa shape index (κ1) is 11.7. The number of aliphatic hydroxyl groups excluding tert-OH is 1. The van der Waals surface area contributed by atoms with Gasteiger partial charge >= 0.3 is 0 Å². The maximum atomic E-state index is 8.46. The van der Waals surface area contributed by atoms with E-state index < -0.39 is 0 Å². The van der Waals surface area contributed by atoms with Crippen molar-refractivity contribution in [1.29, 1.82) is 0 Å². The highest BCUT2D eigenvalue weighted by Gasteiger charge is 1.96. The van der Waals surface area contributed by atoms with Gasteiger partial charge in [-0.15, -0.1) is 0 Å². The zero-order valence-corrected chi connectivity index (χ0v) is 8.42. The van der Waals surface area contributed by atoms with Gasteiger partial charge in [-0.05, 0) is 18.8 Å². The van der Waals surface area contributed by atoms with Crippen LogP contribution in [0.15, 0.2) is 12.2 Å². The Labute approximate surface area is 76.5 Å². The molecule has 0 fully saturated rings. The summed E-state index contributed by atoms with van der Waals surface area (Å²) in [6.07, 6.45) is 10.2. The van der Waals surface area contributed by atoms with Crippen molar-refractivity contribution in [2.24, 2.45) is 5.92 Å². The second-order valence-corrected chi connectivity index (χ2v) is 3.45. The minimum absolute atomic E-state index is 0.186. The molecule has 1 heteroatoms. The summed E-state index contributed by atoms with van der Waals surface area (Å²) in [4.78, 5) is 0. The quantitative estimate of drug-likeness (QED) is 0.459. The molecule has 0 heterocycles. The van der Waals surface area contributed by atoms with Gasteiger partial charge < -0.3 is 5.11 Å². The van der Waals surface area contributed by atoms with E-state index in [4.69, 9.17) is 5.11 Å². The van der Waals surface area contributed by atoms with Crippen molar-refractivity contribution < 1.29 is 5.11 Å². The molecule has 0 aromatic heterocycles. The fourth-order valence-corrected chi connectivity index (χ4v) is 1.15. The number of rotatable bonds is 7. The van der Waals surface area contributed by atoms with Gasteiger partial charge in [-0.1, -0.05) is 45.3 Å². The van der Waals surface area contributed by atoms with Crippen LogP contribution in [0.4, 0.5) is 0 Å². The van der Waals surface area contributed by atoms with Crippen LogP contribution in [0.5, 0.6) is 0 Å². The second-order valence-electron chi connectivity index (χ2n) is 3.45. The van der Waals surface area contributed by atoms with Gasteiger partial charge in [-0.2, -0.15) is 0 Å². The maximum absolute atomic E-state index is 8.46. The monoisotopic (exact) mass is 170 g/mol. The van der Waals surface area contributed by atoms with Crippen LogP contribution < -0.4 is 0 Å². The maximum Gasteiger partial charge on any atom is 0.0612 e. The van der Waals surface area contributed by atoms with Crippen LogP contribution in [-0.4, -0.2) is 11.7 Å². The van der Waals surface area contributed by atoms with Crippen LogP contribution in [0.3, 0.4) is 0 Å². The van der Waals surface area contributed by atoms with Gasteiger partial charge in [-0.25, -0.2) is 0 Å². The molecule has 72 valence electrons. The van der Waals surface area contributed by atoms with E-state index in [-0.39, 0.29) is 6.61 Å². The molecule has 0 aliphatic rings. The van der Waals surface area contributed by atoms with Gasteiger partial charge in [0.05, 0.1) is 6.61 Å². The van der Waals surface area contributed by atoms with E-state index in [0.717, 1.165) is 12.3 Å². The Morgan fingerprint density at radius 3 is 2.58 bits per heavy atom. The largest absolute Gasteiger partial charge is 0.392 e. The fourth-order valence-electron chi connectivity index (χ4n) is 1.15. The van der Waals surface area contributed by atoms with Gasteiger partial charge in [0.2, 0.25) is 0 Å². The SMILES string of the molecule is CC[C@H](C)CCCC/C=C/CO. The summed E-state index contributed by atoms with van der Waals surface area (Å²) in [5, 5.41) is 8.46. The Morgan fingerprint density at radius 2 is 2.00 bits per heavy atom. The van der Waals surface area contributed by atoms with Gasteiger partial charge in [0.25, 0.3) is 0 Å². The average molecular weight is 170 g/mol. The Hall–Kier alpha value is -0.300. The molecule has 1 nitrogen and oxygen atoms in total. The summed E-state index contributed by atoms with van der Waals surface area (Å²) in [6, 6.07) is 0. The van der Waals surface area contributed by atoms with Crippen molar-refractivity contribution in [3.05, 3.63) is 12.2 Å². The van der Waals surface area contributed by atoms with Gasteiger partial charge in [0.15, 0.2) is 0 Å². The summed E-state index contributed by atoms with van der Waals surface area (Å²) < 4.78 is 0. The standard InChI is InChI=1S/C11H22O/c1-3-11(2)9-7-5-4-6-8-10-12/h6,8,11-12H,3-5,7,9-10H2,1-2H3/b8-6+/t11-/m0/s1. The molecule has 0 unspecified atom stereocenters. The lowest BCUT2D eigenvalue weighted by Gasteiger charge is -2.05. The Morgan fingerprint density at radius 1 is 1.25 bits per heavy atom. The molecule has 0 bridgehead atoms. The number of unbranched alkanes of at least 4 members (excludes halogenated alkanes) is 2. The predicted octanol–water partition coefficient (Wildman–Crippen LogP) is 3.14. The Kier molecular flexibility index (Phi) is 8.57. The van der Waals surface area contributed by atoms with Crippen molar-refractivity contribution in [2.75, 3.05) is 6.61 Å². The van der Waals surface area contributed by atoms with Crippen molar-refractivity contribution in [2.45, 2.75) is 46.0 Å². The summed E-state index contributed by atoms with van der Waals surface area (Å²) in [7, 11) is 0. The molecule has 0 amide bonds. The summed E-state index contributed by atoms with van der Waals surface area (Å²) >= 11 is 0. The van der Waals surface area contributed by atoms with Crippen LogP contribution in [-0.2, 0) is 0 Å². The van der Waals surface area contributed by atoms with Crippen molar-refractivity contribution >= 4 is 0 Å². The molecule has 0 radical (unpaired) electrons. The molecule has 0 rings (SSSR count). The second kappa shape index (κ2) is 8.79. The zero-order chi connectivity index (χ0) is 9.23. The van der Waals surface area contributed by atoms with Crippen molar-refractivity contribution in [3.63, 3.8) is 0 Å². The molecular formula is C11H22O. The smallest absolute Gasteiger partial charge is 0.0612 e. The number of hydrogen-bond donors (Lipinski definition) is 1. The highest BCUT2D eigenvalue weighted by molar-refractivity contribution is 4.80. The first-order chi connectivity index (χ1) is 5.81. The minimum atomic E-state index is 0.186. The molecular weight excluding hydrogens is 148 g/mol. The zero-order valence-electron chi connectivity index (χ0n) is 8.42. The molecule has 1 N–H and O–H groups in total. The summed E-state index contributed by atoms with van der Waals surface area (Å²) in [6.45, 7) is 4.74. The average Bonchev–Trinajstić information content (AvgIpc) is 2.10. The van der Waals surface area contributed by atoms with Crippen LogP contribution >= 0.6 is 0 Å². The van der Waals surface area contributed by atoms with E-state index in [1.54, 1.807) is 0 Å². The fraction of sp³-hybridized carbons (Fsp3) is 0.818. The molecule has 0 aromatic rings. The molecule has 0 aromatic carbocycles. The van der Waals surface area contributed by atoms with Gasteiger partial charge in [0, 0.05) is 0 Å². The van der Waals surface area contributed by atoms with Gasteiger partial charge in [-0.3, -0.25) is 0 Å². The third-order valence-corrected chi connectivity index (χ3v) is 2.29. The first-order valence-corrected chi connectivity index (χ1v) is 5.07. The molecule has 0 saturated heterocycles. The molecule has 0 aliphatic carbocycles. The van der Waals surface area contributed by atoms with Gasteiger partial charge in [0.1, 0.15) is 0 Å². The summed E-state index contributed by atoms with van der Waals surface area (Å²) in [5.41, 5.74) is 0. The minimum Gasteiger partial charge on any atom is -0.392 e. The highest BCUT2D eigenvalue weighted by atomic mass is 16.2.